The van der Waals surface area contributed by atoms with Crippen molar-refractivity contribution < 1.29 is 44.8 Å². The predicted octanol–water partition coefficient (Wildman–Crippen LogP) is 0.0862. The fourth-order valence-electron chi connectivity index (χ4n) is 2.19. The van der Waals surface area contributed by atoms with Crippen LogP contribution in [0.4, 0.5) is 0 Å². The molecule has 0 bridgehead atoms. The monoisotopic (exact) mass is 402 g/mol. The summed E-state index contributed by atoms with van der Waals surface area (Å²) in [5.41, 5.74) is 5.91. The molecule has 0 atom stereocenters. The van der Waals surface area contributed by atoms with E-state index in [-0.39, 0.29) is 24.8 Å². The van der Waals surface area contributed by atoms with Crippen LogP contribution in [0.2, 0.25) is 0 Å². The van der Waals surface area contributed by atoms with Crippen LogP contribution in [-0.2, 0) is 32.8 Å². The molecule has 0 unspecified atom stereocenters. The summed E-state index contributed by atoms with van der Waals surface area (Å²) in [7, 11) is 0. The smallest absolute Gasteiger partial charge is 1.00 e. The van der Waals surface area contributed by atoms with Crippen molar-refractivity contribution in [3.63, 3.8) is 0 Å². The van der Waals surface area contributed by atoms with Crippen LogP contribution in [0.15, 0.2) is 36.4 Å². The Bertz CT molecular complexity index is 477. The molecule has 0 nitrogen and oxygen atoms in total. The Kier molecular flexibility index (Phi) is 21.1. The Labute approximate surface area is 173 Å². The summed E-state index contributed by atoms with van der Waals surface area (Å²) in [6, 6.07) is 13.0. The molecule has 0 saturated carbocycles. The van der Waals surface area contributed by atoms with Gasteiger partial charge in [-0.3, -0.25) is 0 Å². The van der Waals surface area contributed by atoms with Crippen molar-refractivity contribution in [2.75, 3.05) is 0 Å². The van der Waals surface area contributed by atoms with Gasteiger partial charge in [-0.25, -0.2) is 24.3 Å². The van der Waals surface area contributed by atoms with E-state index in [4.69, 9.17) is 0 Å². The van der Waals surface area contributed by atoms with E-state index in [0.717, 1.165) is 0 Å². The predicted molar refractivity (Wildman–Crippen MR) is 97.9 cm³/mol. The summed E-state index contributed by atoms with van der Waals surface area (Å²) in [6.07, 6.45) is 4.98. The van der Waals surface area contributed by atoms with Crippen LogP contribution in [0.1, 0.15) is 62.8 Å². The van der Waals surface area contributed by atoms with Gasteiger partial charge in [-0.05, 0) is 0 Å². The van der Waals surface area contributed by atoms with E-state index in [0.29, 0.717) is 0 Å². The second-order valence-electron chi connectivity index (χ2n) is 5.97. The van der Waals surface area contributed by atoms with E-state index >= 15 is 0 Å². The van der Waals surface area contributed by atoms with Gasteiger partial charge in [0.05, 0.1) is 0 Å². The molecule has 0 aliphatic carbocycles. The van der Waals surface area contributed by atoms with Gasteiger partial charge < -0.3 is 24.8 Å². The first-order chi connectivity index (χ1) is 10.4. The average Bonchev–Trinajstić information content (AvgIpc) is 3.01. The first-order valence-electron chi connectivity index (χ1n) is 8.36. The van der Waals surface area contributed by atoms with E-state index in [9.17, 15) is 0 Å². The van der Waals surface area contributed by atoms with Crippen LogP contribution < -0.4 is 24.8 Å². The molecule has 24 heavy (non-hydrogen) atoms. The largest absolute Gasteiger partial charge is 1.00 e. The molecule has 0 aliphatic heterocycles. The fourth-order valence-corrected chi connectivity index (χ4v) is 2.19. The fraction of sp³-hybridized carbons (Fsp3) is 0.476. The molecule has 0 amide bonds. The van der Waals surface area contributed by atoms with Crippen LogP contribution in [0, 0.1) is 13.8 Å². The van der Waals surface area contributed by atoms with Crippen molar-refractivity contribution in [2.24, 2.45) is 0 Å². The van der Waals surface area contributed by atoms with Gasteiger partial charge in [-0.1, -0.05) is 53.4 Å². The standard InChI is InChI=1S/2C9H13.C3H6.2ClH.Ti/c2*1-3-5-9-7-4-6-8(9)2;1-3-2;;;/h2*4,6-7H,3,5H2,1-2H3;1-2H3;2*1H;/q2*-1;;;;+2/p-2. The van der Waals surface area contributed by atoms with Crippen molar-refractivity contribution in [2.45, 2.75) is 67.2 Å². The second kappa shape index (κ2) is 17.7. The molecule has 0 heterocycles. The van der Waals surface area contributed by atoms with Crippen LogP contribution in [0.25, 0.3) is 0 Å². The normalized spacial score (nSPS) is 8.67. The van der Waals surface area contributed by atoms with Gasteiger partial charge in [-0.15, -0.1) is 0 Å². The Balaban J connectivity index is -0.000000283. The summed E-state index contributed by atoms with van der Waals surface area (Å²) in [4.78, 5) is 0. The van der Waals surface area contributed by atoms with Gasteiger partial charge in [-0.2, -0.15) is 34.4 Å². The summed E-state index contributed by atoms with van der Waals surface area (Å²) >= 11 is 2.08. The third kappa shape index (κ3) is 14.2. The molecule has 3 heteroatoms. The summed E-state index contributed by atoms with van der Waals surface area (Å²) in [5.74, 6) is 0. The van der Waals surface area contributed by atoms with Gasteiger partial charge in [0.25, 0.3) is 0 Å². The second-order valence-corrected chi connectivity index (χ2v) is 7.53. The van der Waals surface area contributed by atoms with Crippen molar-refractivity contribution in [1.29, 1.82) is 0 Å². The van der Waals surface area contributed by atoms with Gasteiger partial charge in [0.15, 0.2) is 0 Å². The minimum absolute atomic E-state index is 0. The maximum atomic E-state index is 2.21. The van der Waals surface area contributed by atoms with E-state index in [1.807, 2.05) is 0 Å². The van der Waals surface area contributed by atoms with Gasteiger partial charge >= 0.3 is 37.6 Å². The number of hydrogen-bond donors (Lipinski definition) is 0. The topological polar surface area (TPSA) is 0 Å². The molecule has 0 N–H and O–H groups in total. The number of halogens is 2. The van der Waals surface area contributed by atoms with Gasteiger partial charge in [0.2, 0.25) is 0 Å². The van der Waals surface area contributed by atoms with Crippen molar-refractivity contribution in [1.82, 2.24) is 0 Å². The quantitative estimate of drug-likeness (QED) is 0.502. The molecular weight excluding hydrogens is 371 g/mol. The molecule has 2 aromatic rings. The van der Waals surface area contributed by atoms with E-state index in [1.54, 1.807) is 0 Å². The Morgan fingerprint density at radius 3 is 1.29 bits per heavy atom. The zero-order chi connectivity index (χ0) is 17.0. The van der Waals surface area contributed by atoms with Crippen molar-refractivity contribution >= 4 is 3.81 Å². The summed E-state index contributed by atoms with van der Waals surface area (Å²) in [5, 5.41) is 0. The Morgan fingerprint density at radius 2 is 1.12 bits per heavy atom. The first-order valence-corrected chi connectivity index (χ1v) is 9.14. The third-order valence-electron chi connectivity index (χ3n) is 3.34. The minimum Gasteiger partial charge on any atom is -1.00 e. The Morgan fingerprint density at radius 1 is 0.833 bits per heavy atom. The van der Waals surface area contributed by atoms with Crippen LogP contribution in [-0.4, -0.2) is 3.81 Å². The van der Waals surface area contributed by atoms with Crippen molar-refractivity contribution in [3.8, 4) is 0 Å². The molecule has 136 valence electrons. The van der Waals surface area contributed by atoms with E-state index < -0.39 is 0 Å². The zero-order valence-corrected chi connectivity index (χ0v) is 19.1. The summed E-state index contributed by atoms with van der Waals surface area (Å²) in [6.45, 7) is 12.9. The maximum Gasteiger partial charge on any atom is -1.00 e. The number of hydrogen-bond acceptors (Lipinski definition) is 0. The summed E-state index contributed by atoms with van der Waals surface area (Å²) < 4.78 is 1.42. The molecule has 2 rings (SSSR count). The molecule has 0 radical (unpaired) electrons. The number of rotatable bonds is 4. The van der Waals surface area contributed by atoms with Crippen LogP contribution in [0.5, 0.6) is 0 Å². The molecule has 0 saturated heterocycles. The minimum atomic E-state index is 0. The SMILES string of the molecule is CCC[c-]1cccc1C.CCC[c-]1cccc1C.C[C](C)=[Ti+2].[Cl-].[Cl-]. The van der Waals surface area contributed by atoms with E-state index in [1.165, 1.54) is 51.7 Å². The molecule has 0 aliphatic rings. The van der Waals surface area contributed by atoms with Gasteiger partial charge in [0, 0.05) is 0 Å². The first kappa shape index (κ1) is 28.7. The maximum absolute atomic E-state index is 2.21. The number of aryl methyl sites for hydroxylation is 4. The molecule has 0 spiro atoms. The van der Waals surface area contributed by atoms with Gasteiger partial charge in [0.1, 0.15) is 0 Å². The molecular formula is C21H32Cl2Ti-2. The third-order valence-corrected chi connectivity index (χ3v) is 3.34. The zero-order valence-electron chi connectivity index (χ0n) is 16.0. The average molecular weight is 403 g/mol. The van der Waals surface area contributed by atoms with E-state index in [2.05, 4.69) is 97.9 Å². The molecule has 0 fully saturated rings. The van der Waals surface area contributed by atoms with Crippen LogP contribution >= 0.6 is 0 Å². The Hall–Kier alpha value is -0.136. The van der Waals surface area contributed by atoms with Crippen molar-refractivity contribution in [3.05, 3.63) is 58.7 Å². The molecule has 2 aromatic carbocycles. The van der Waals surface area contributed by atoms with Crippen LogP contribution in [0.3, 0.4) is 0 Å². The molecule has 0 aromatic heterocycles.